The van der Waals surface area contributed by atoms with E-state index in [0.29, 0.717) is 6.54 Å². The summed E-state index contributed by atoms with van der Waals surface area (Å²) in [6.07, 6.45) is 0. The molecule has 2 rings (SSSR count). The minimum Gasteiger partial charge on any atom is -0.354 e. The van der Waals surface area contributed by atoms with Crippen LogP contribution in [-0.2, 0) is 26.3 Å². The Morgan fingerprint density at radius 1 is 0.971 bits per heavy atom. The molecule has 0 aliphatic carbocycles. The predicted octanol–water partition coefficient (Wildman–Crippen LogP) is 2.94. The van der Waals surface area contributed by atoms with E-state index in [4.69, 9.17) is 0 Å². The Morgan fingerprint density at radius 3 is 2.06 bits per heavy atom. The maximum atomic E-state index is 13.6. The van der Waals surface area contributed by atoms with Crippen molar-refractivity contribution in [3.8, 4) is 0 Å². The summed E-state index contributed by atoms with van der Waals surface area (Å²) >= 11 is 0. The molecular formula is C25H35FN4O4S. The lowest BCUT2D eigenvalue weighted by Crippen LogP contribution is -2.52. The van der Waals surface area contributed by atoms with Crippen molar-refractivity contribution >= 4 is 27.7 Å². The first kappa shape index (κ1) is 28.3. The van der Waals surface area contributed by atoms with Crippen LogP contribution in [0, 0.1) is 18.7 Å². The number of anilines is 1. The van der Waals surface area contributed by atoms with E-state index in [9.17, 15) is 22.4 Å². The largest absolute Gasteiger partial charge is 0.354 e. The van der Waals surface area contributed by atoms with Gasteiger partial charge in [0.15, 0.2) is 0 Å². The summed E-state index contributed by atoms with van der Waals surface area (Å²) in [4.78, 5) is 27.8. The van der Waals surface area contributed by atoms with Crippen molar-refractivity contribution in [3.05, 3.63) is 65.5 Å². The highest BCUT2D eigenvalue weighted by atomic mass is 32.2. The predicted molar refractivity (Wildman–Crippen MR) is 135 cm³/mol. The molecule has 10 heteroatoms. The number of halogens is 1. The van der Waals surface area contributed by atoms with Gasteiger partial charge in [0, 0.05) is 27.2 Å². The second kappa shape index (κ2) is 12.1. The molecule has 35 heavy (non-hydrogen) atoms. The van der Waals surface area contributed by atoms with E-state index >= 15 is 0 Å². The van der Waals surface area contributed by atoms with Gasteiger partial charge in [-0.1, -0.05) is 43.7 Å². The molecular weight excluding hydrogens is 471 g/mol. The number of carbonyl (C=O) groups is 2. The Bertz CT molecular complexity index is 1100. The van der Waals surface area contributed by atoms with Gasteiger partial charge < -0.3 is 10.2 Å². The zero-order valence-corrected chi connectivity index (χ0v) is 22.0. The molecule has 0 aliphatic rings. The highest BCUT2D eigenvalue weighted by Crippen LogP contribution is 2.21. The first-order chi connectivity index (χ1) is 16.3. The van der Waals surface area contributed by atoms with Crippen LogP contribution in [0.25, 0.3) is 0 Å². The number of hydrogen-bond acceptors (Lipinski definition) is 4. The van der Waals surface area contributed by atoms with Crippen LogP contribution in [0.2, 0.25) is 0 Å². The van der Waals surface area contributed by atoms with Crippen molar-refractivity contribution in [2.24, 2.45) is 5.92 Å². The first-order valence-corrected chi connectivity index (χ1v) is 12.8. The monoisotopic (exact) mass is 506 g/mol. The van der Waals surface area contributed by atoms with Gasteiger partial charge in [-0.3, -0.25) is 9.59 Å². The van der Waals surface area contributed by atoms with Gasteiger partial charge in [0.2, 0.25) is 11.8 Å². The third-order valence-corrected chi connectivity index (χ3v) is 7.28. The normalized spacial score (nSPS) is 12.5. The number of hydrogen-bond donors (Lipinski definition) is 1. The molecule has 0 bridgehead atoms. The van der Waals surface area contributed by atoms with Crippen molar-refractivity contribution in [1.29, 1.82) is 0 Å². The molecule has 0 radical (unpaired) electrons. The summed E-state index contributed by atoms with van der Waals surface area (Å²) in [7, 11) is -1.38. The van der Waals surface area contributed by atoms with Crippen LogP contribution in [0.15, 0.2) is 48.5 Å². The standard InChI is InChI=1S/C25H35FN4O4S/c1-18(2)15-27-25(32)20(4)29(16-21-9-7-19(3)8-10-21)24(31)17-30(35(33,34)28(5)6)23-13-11-22(26)12-14-23/h7-14,18,20H,15-17H2,1-6H3,(H,27,32)/t20-/m0/s1. The fourth-order valence-corrected chi connectivity index (χ4v) is 4.31. The molecule has 2 amide bonds. The van der Waals surface area contributed by atoms with Crippen LogP contribution in [0.1, 0.15) is 31.9 Å². The van der Waals surface area contributed by atoms with Crippen LogP contribution in [0.5, 0.6) is 0 Å². The Balaban J connectivity index is 2.41. The number of nitrogens with zero attached hydrogens (tertiary/aromatic N) is 3. The number of amides is 2. The lowest BCUT2D eigenvalue weighted by Gasteiger charge is -2.33. The van der Waals surface area contributed by atoms with Crippen LogP contribution in [0.3, 0.4) is 0 Å². The molecule has 0 spiro atoms. The second-order valence-electron chi connectivity index (χ2n) is 9.10. The summed E-state index contributed by atoms with van der Waals surface area (Å²) in [5.74, 6) is -1.19. The third kappa shape index (κ3) is 7.76. The highest BCUT2D eigenvalue weighted by Gasteiger charge is 2.32. The Labute approximate surface area is 207 Å². The van der Waals surface area contributed by atoms with Crippen molar-refractivity contribution < 1.29 is 22.4 Å². The quantitative estimate of drug-likeness (QED) is 0.508. The van der Waals surface area contributed by atoms with Crippen molar-refractivity contribution in [2.45, 2.75) is 40.3 Å². The van der Waals surface area contributed by atoms with Crippen molar-refractivity contribution in [1.82, 2.24) is 14.5 Å². The smallest absolute Gasteiger partial charge is 0.304 e. The fourth-order valence-electron chi connectivity index (χ4n) is 3.25. The van der Waals surface area contributed by atoms with Gasteiger partial charge in [-0.15, -0.1) is 0 Å². The van der Waals surface area contributed by atoms with E-state index in [1.54, 1.807) is 6.92 Å². The SMILES string of the molecule is Cc1ccc(CN(C(=O)CN(c2ccc(F)cc2)S(=O)(=O)N(C)C)[C@@H](C)C(=O)NCC(C)C)cc1. The molecule has 0 heterocycles. The molecule has 0 aliphatic heterocycles. The van der Waals surface area contributed by atoms with Crippen LogP contribution in [0.4, 0.5) is 10.1 Å². The second-order valence-corrected chi connectivity index (χ2v) is 11.2. The summed E-state index contributed by atoms with van der Waals surface area (Å²) in [6, 6.07) is 11.5. The van der Waals surface area contributed by atoms with Gasteiger partial charge in [-0.25, -0.2) is 8.70 Å². The van der Waals surface area contributed by atoms with Crippen LogP contribution in [-0.4, -0.2) is 62.7 Å². The van der Waals surface area contributed by atoms with Crippen LogP contribution < -0.4 is 9.62 Å². The molecule has 1 atom stereocenters. The molecule has 2 aromatic rings. The maximum absolute atomic E-state index is 13.6. The summed E-state index contributed by atoms with van der Waals surface area (Å²) in [6.45, 7) is 7.51. The van der Waals surface area contributed by atoms with E-state index in [0.717, 1.165) is 31.9 Å². The lowest BCUT2D eigenvalue weighted by atomic mass is 10.1. The highest BCUT2D eigenvalue weighted by molar-refractivity contribution is 7.90. The Hall–Kier alpha value is -2.98. The van der Waals surface area contributed by atoms with Gasteiger partial charge in [-0.2, -0.15) is 12.7 Å². The molecule has 0 fully saturated rings. The molecule has 0 saturated carbocycles. The molecule has 2 aromatic carbocycles. The minimum absolute atomic E-state index is 0.120. The van der Waals surface area contributed by atoms with Gasteiger partial charge in [-0.05, 0) is 49.6 Å². The minimum atomic E-state index is -4.08. The molecule has 1 N–H and O–H groups in total. The zero-order chi connectivity index (χ0) is 26.3. The van der Waals surface area contributed by atoms with Gasteiger partial charge >= 0.3 is 10.2 Å². The number of carbonyl (C=O) groups excluding carboxylic acids is 2. The van der Waals surface area contributed by atoms with E-state index in [1.165, 1.54) is 31.1 Å². The maximum Gasteiger partial charge on any atom is 0.304 e. The van der Waals surface area contributed by atoms with E-state index < -0.39 is 34.5 Å². The van der Waals surface area contributed by atoms with Crippen molar-refractivity contribution in [2.75, 3.05) is 31.5 Å². The number of nitrogens with one attached hydrogen (secondary N) is 1. The average Bonchev–Trinajstić information content (AvgIpc) is 2.80. The average molecular weight is 507 g/mol. The summed E-state index contributed by atoms with van der Waals surface area (Å²) in [5.41, 5.74) is 1.99. The number of rotatable bonds is 11. The van der Waals surface area contributed by atoms with Gasteiger partial charge in [0.25, 0.3) is 0 Å². The molecule has 8 nitrogen and oxygen atoms in total. The van der Waals surface area contributed by atoms with E-state index in [2.05, 4.69) is 5.32 Å². The molecule has 0 saturated heterocycles. The van der Waals surface area contributed by atoms with Crippen LogP contribution >= 0.6 is 0 Å². The van der Waals surface area contributed by atoms with Gasteiger partial charge in [0.1, 0.15) is 18.4 Å². The first-order valence-electron chi connectivity index (χ1n) is 11.4. The third-order valence-electron chi connectivity index (χ3n) is 5.46. The summed E-state index contributed by atoms with van der Waals surface area (Å²) in [5, 5.41) is 2.84. The van der Waals surface area contributed by atoms with E-state index in [-0.39, 0.29) is 24.1 Å². The number of aryl methyl sites for hydroxylation is 1. The van der Waals surface area contributed by atoms with Crippen molar-refractivity contribution in [3.63, 3.8) is 0 Å². The molecule has 0 aromatic heterocycles. The fraction of sp³-hybridized carbons (Fsp3) is 0.440. The topological polar surface area (TPSA) is 90.0 Å². The molecule has 192 valence electrons. The lowest BCUT2D eigenvalue weighted by molar-refractivity contribution is -0.139. The zero-order valence-electron chi connectivity index (χ0n) is 21.2. The summed E-state index contributed by atoms with van der Waals surface area (Å²) < 4.78 is 41.5. The molecule has 0 unspecified atom stereocenters. The number of benzene rings is 2. The van der Waals surface area contributed by atoms with Gasteiger partial charge in [0.05, 0.1) is 5.69 Å². The Kier molecular flexibility index (Phi) is 9.79. The Morgan fingerprint density at radius 2 is 1.54 bits per heavy atom. The van der Waals surface area contributed by atoms with E-state index in [1.807, 2.05) is 45.0 Å².